The molecule has 0 radical (unpaired) electrons. The van der Waals surface area contributed by atoms with Crippen LogP contribution in [0, 0.1) is 5.92 Å². The number of likely N-dealkylation sites (tertiary alicyclic amines) is 1. The molecule has 118 valence electrons. The molecule has 1 aliphatic heterocycles. The Morgan fingerprint density at radius 1 is 1.24 bits per heavy atom. The molecule has 2 fully saturated rings. The Kier molecular flexibility index (Phi) is 5.67. The van der Waals surface area contributed by atoms with Crippen molar-refractivity contribution in [2.45, 2.75) is 62.8 Å². The molecule has 3 unspecified atom stereocenters. The van der Waals surface area contributed by atoms with E-state index in [-0.39, 0.29) is 29.0 Å². The number of carbonyl (C=O) groups excluding carboxylic acids is 3. The van der Waals surface area contributed by atoms with Gasteiger partial charge in [0, 0.05) is 17.7 Å². The zero-order valence-electron chi connectivity index (χ0n) is 12.5. The van der Waals surface area contributed by atoms with E-state index in [2.05, 4.69) is 17.9 Å². The summed E-state index contributed by atoms with van der Waals surface area (Å²) < 4.78 is 0. The molecule has 2 rings (SSSR count). The lowest BCUT2D eigenvalue weighted by Gasteiger charge is -2.29. The van der Waals surface area contributed by atoms with E-state index in [0.717, 1.165) is 44.8 Å². The van der Waals surface area contributed by atoms with Gasteiger partial charge in [-0.15, -0.1) is 0 Å². The SMILES string of the molecule is C[C@H](NC(=O)C1CCCCC1S)C(=O)N1CCCC1C=O. The van der Waals surface area contributed by atoms with Gasteiger partial charge in [0.2, 0.25) is 11.8 Å². The Hall–Kier alpha value is -1.04. The molecule has 0 aromatic rings. The number of rotatable bonds is 4. The van der Waals surface area contributed by atoms with Gasteiger partial charge in [0.1, 0.15) is 12.3 Å². The molecule has 4 atom stereocenters. The van der Waals surface area contributed by atoms with Crippen LogP contribution >= 0.6 is 12.6 Å². The van der Waals surface area contributed by atoms with Crippen molar-refractivity contribution < 1.29 is 14.4 Å². The minimum Gasteiger partial charge on any atom is -0.344 e. The van der Waals surface area contributed by atoms with Crippen LogP contribution in [-0.4, -0.2) is 46.9 Å². The molecule has 0 aromatic heterocycles. The van der Waals surface area contributed by atoms with E-state index < -0.39 is 6.04 Å². The average Bonchev–Trinajstić information content (AvgIpc) is 2.95. The monoisotopic (exact) mass is 312 g/mol. The Bertz CT molecular complexity index is 416. The van der Waals surface area contributed by atoms with Crippen LogP contribution in [0.1, 0.15) is 45.4 Å². The summed E-state index contributed by atoms with van der Waals surface area (Å²) in [5.74, 6) is -0.361. The van der Waals surface area contributed by atoms with Gasteiger partial charge in [-0.05, 0) is 32.6 Å². The lowest BCUT2D eigenvalue weighted by atomic mass is 9.88. The number of hydrogen-bond donors (Lipinski definition) is 2. The average molecular weight is 312 g/mol. The van der Waals surface area contributed by atoms with E-state index in [1.807, 2.05) is 0 Å². The van der Waals surface area contributed by atoms with Crippen LogP contribution < -0.4 is 5.32 Å². The number of nitrogens with one attached hydrogen (secondary N) is 1. The second kappa shape index (κ2) is 7.29. The van der Waals surface area contributed by atoms with E-state index in [0.29, 0.717) is 6.54 Å². The molecular formula is C15H24N2O3S. The molecular weight excluding hydrogens is 288 g/mol. The summed E-state index contributed by atoms with van der Waals surface area (Å²) in [6.45, 7) is 2.29. The fourth-order valence-corrected chi connectivity index (χ4v) is 3.72. The van der Waals surface area contributed by atoms with Gasteiger partial charge in [0.15, 0.2) is 0 Å². The van der Waals surface area contributed by atoms with Crippen LogP contribution in [0.4, 0.5) is 0 Å². The first kappa shape index (κ1) is 16.3. The van der Waals surface area contributed by atoms with Crippen molar-refractivity contribution in [1.82, 2.24) is 10.2 Å². The van der Waals surface area contributed by atoms with Crippen molar-refractivity contribution in [3.8, 4) is 0 Å². The van der Waals surface area contributed by atoms with Gasteiger partial charge >= 0.3 is 0 Å². The highest BCUT2D eigenvalue weighted by Crippen LogP contribution is 2.28. The summed E-state index contributed by atoms with van der Waals surface area (Å²) in [7, 11) is 0. The quantitative estimate of drug-likeness (QED) is 0.605. The number of nitrogens with zero attached hydrogens (tertiary/aromatic N) is 1. The molecule has 6 heteroatoms. The topological polar surface area (TPSA) is 66.5 Å². The third-order valence-electron chi connectivity index (χ3n) is 4.53. The molecule has 5 nitrogen and oxygen atoms in total. The zero-order chi connectivity index (χ0) is 15.4. The highest BCUT2D eigenvalue weighted by molar-refractivity contribution is 7.81. The number of hydrogen-bond acceptors (Lipinski definition) is 4. The van der Waals surface area contributed by atoms with Crippen LogP contribution in [0.15, 0.2) is 0 Å². The summed E-state index contributed by atoms with van der Waals surface area (Å²) in [4.78, 5) is 37.2. The third-order valence-corrected chi connectivity index (χ3v) is 5.15. The van der Waals surface area contributed by atoms with E-state index in [1.54, 1.807) is 11.8 Å². The van der Waals surface area contributed by atoms with Crippen LogP contribution in [0.25, 0.3) is 0 Å². The van der Waals surface area contributed by atoms with E-state index in [4.69, 9.17) is 0 Å². The first-order valence-electron chi connectivity index (χ1n) is 7.78. The van der Waals surface area contributed by atoms with Crippen LogP contribution in [0.5, 0.6) is 0 Å². The standard InChI is InChI=1S/C15H24N2O3S/c1-10(15(20)17-8-4-5-11(17)9-18)16-14(19)12-6-2-3-7-13(12)21/h9-13,21H,2-8H2,1H3,(H,16,19)/t10-,11?,12?,13?/m0/s1. The maximum absolute atomic E-state index is 12.3. The minimum atomic E-state index is -0.583. The summed E-state index contributed by atoms with van der Waals surface area (Å²) in [5.41, 5.74) is 0. The minimum absolute atomic E-state index is 0.0792. The van der Waals surface area contributed by atoms with Gasteiger partial charge in [-0.1, -0.05) is 12.8 Å². The Labute approximate surface area is 131 Å². The molecule has 0 bridgehead atoms. The van der Waals surface area contributed by atoms with Crippen LogP contribution in [-0.2, 0) is 14.4 Å². The molecule has 0 aromatic carbocycles. The number of carbonyl (C=O) groups is 3. The summed E-state index contributed by atoms with van der Waals surface area (Å²) in [6, 6.07) is -0.912. The summed E-state index contributed by atoms with van der Waals surface area (Å²) in [5, 5.41) is 2.89. The maximum atomic E-state index is 12.3. The molecule has 21 heavy (non-hydrogen) atoms. The largest absolute Gasteiger partial charge is 0.344 e. The number of aldehydes is 1. The van der Waals surface area contributed by atoms with Gasteiger partial charge in [0.25, 0.3) is 0 Å². The van der Waals surface area contributed by atoms with Gasteiger partial charge < -0.3 is 15.0 Å². The summed E-state index contributed by atoms with van der Waals surface area (Å²) >= 11 is 4.48. The smallest absolute Gasteiger partial charge is 0.245 e. The van der Waals surface area contributed by atoms with E-state index >= 15 is 0 Å². The highest BCUT2D eigenvalue weighted by Gasteiger charge is 2.34. The van der Waals surface area contributed by atoms with Crippen molar-refractivity contribution in [2.24, 2.45) is 5.92 Å². The molecule has 1 heterocycles. The lowest BCUT2D eigenvalue weighted by molar-refractivity contribution is -0.139. The lowest BCUT2D eigenvalue weighted by Crippen LogP contribution is -2.51. The molecule has 0 spiro atoms. The first-order chi connectivity index (χ1) is 10.0. The number of amides is 2. The second-order valence-electron chi connectivity index (χ2n) is 6.07. The molecule has 1 saturated carbocycles. The third kappa shape index (κ3) is 3.78. The molecule has 1 saturated heterocycles. The molecule has 1 N–H and O–H groups in total. The summed E-state index contributed by atoms with van der Waals surface area (Å²) in [6.07, 6.45) is 6.32. The fourth-order valence-electron chi connectivity index (χ4n) is 3.26. The van der Waals surface area contributed by atoms with E-state index in [1.165, 1.54) is 0 Å². The van der Waals surface area contributed by atoms with Crippen LogP contribution in [0.3, 0.4) is 0 Å². The van der Waals surface area contributed by atoms with Crippen molar-refractivity contribution in [3.63, 3.8) is 0 Å². The fraction of sp³-hybridized carbons (Fsp3) is 0.800. The predicted molar refractivity (Wildman–Crippen MR) is 83.1 cm³/mol. The first-order valence-corrected chi connectivity index (χ1v) is 8.30. The van der Waals surface area contributed by atoms with Crippen LogP contribution in [0.2, 0.25) is 0 Å². The Balaban J connectivity index is 1.90. The second-order valence-corrected chi connectivity index (χ2v) is 6.73. The Morgan fingerprint density at radius 2 is 1.95 bits per heavy atom. The molecule has 2 amide bonds. The predicted octanol–water partition coefficient (Wildman–Crippen LogP) is 1.17. The van der Waals surface area contributed by atoms with Gasteiger partial charge in [0.05, 0.1) is 6.04 Å². The highest BCUT2D eigenvalue weighted by atomic mass is 32.1. The van der Waals surface area contributed by atoms with E-state index in [9.17, 15) is 14.4 Å². The molecule has 1 aliphatic carbocycles. The zero-order valence-corrected chi connectivity index (χ0v) is 13.4. The van der Waals surface area contributed by atoms with Gasteiger partial charge in [-0.25, -0.2) is 0 Å². The van der Waals surface area contributed by atoms with Gasteiger partial charge in [-0.3, -0.25) is 9.59 Å². The van der Waals surface area contributed by atoms with Crippen molar-refractivity contribution in [1.29, 1.82) is 0 Å². The maximum Gasteiger partial charge on any atom is 0.245 e. The van der Waals surface area contributed by atoms with Crippen molar-refractivity contribution in [3.05, 3.63) is 0 Å². The molecule has 2 aliphatic rings. The normalized spacial score (nSPS) is 30.8. The van der Waals surface area contributed by atoms with Crippen molar-refractivity contribution >= 4 is 30.7 Å². The Morgan fingerprint density at radius 3 is 2.62 bits per heavy atom. The van der Waals surface area contributed by atoms with Gasteiger partial charge in [-0.2, -0.15) is 12.6 Å². The number of thiol groups is 1. The van der Waals surface area contributed by atoms with Crippen molar-refractivity contribution in [2.75, 3.05) is 6.54 Å².